The van der Waals surface area contributed by atoms with E-state index in [1.54, 1.807) is 23.3 Å². The minimum atomic E-state index is -3.49. The molecule has 1 N–H and O–H groups in total. The first kappa shape index (κ1) is 14.0. The van der Waals surface area contributed by atoms with E-state index in [0.717, 1.165) is 11.3 Å². The number of rotatable bonds is 5. The van der Waals surface area contributed by atoms with Gasteiger partial charge in [-0.2, -0.15) is 0 Å². The summed E-state index contributed by atoms with van der Waals surface area (Å²) in [4.78, 5) is 3.87. The molecule has 0 radical (unpaired) electrons. The summed E-state index contributed by atoms with van der Waals surface area (Å²) in [5.41, 5.74) is 0. The van der Waals surface area contributed by atoms with Crippen LogP contribution in [0.3, 0.4) is 0 Å². The van der Waals surface area contributed by atoms with E-state index in [4.69, 9.17) is 11.6 Å². The van der Waals surface area contributed by atoms with E-state index in [1.807, 2.05) is 0 Å². The second-order valence-electron chi connectivity index (χ2n) is 3.39. The Kier molecular flexibility index (Phi) is 4.44. The summed E-state index contributed by atoms with van der Waals surface area (Å²) in [6.07, 6.45) is 5.05. The third-order valence-electron chi connectivity index (χ3n) is 2.11. The van der Waals surface area contributed by atoms with Gasteiger partial charge in [-0.25, -0.2) is 18.1 Å². The quantitative estimate of drug-likeness (QED) is 0.878. The molecule has 98 valence electrons. The summed E-state index contributed by atoms with van der Waals surface area (Å²) < 4.78 is 29.0. The molecule has 0 bridgehead atoms. The fourth-order valence-corrected chi connectivity index (χ4v) is 4.72. The van der Waals surface area contributed by atoms with Crippen molar-refractivity contribution in [3.8, 4) is 0 Å². The first-order chi connectivity index (χ1) is 8.49. The van der Waals surface area contributed by atoms with Crippen molar-refractivity contribution in [2.24, 2.45) is 0 Å². The summed E-state index contributed by atoms with van der Waals surface area (Å²) in [5.74, 6) is 0. The fraction of sp³-hybridized carbons (Fsp3) is 0.222. The van der Waals surface area contributed by atoms with E-state index in [9.17, 15) is 8.42 Å². The monoisotopic (exact) mass is 369 g/mol. The van der Waals surface area contributed by atoms with Gasteiger partial charge < -0.3 is 4.57 Å². The first-order valence-corrected chi connectivity index (χ1v) is 8.36. The maximum atomic E-state index is 11.9. The minimum Gasteiger partial charge on any atom is -0.336 e. The molecule has 2 rings (SSSR count). The Balaban J connectivity index is 1.99. The first-order valence-electron chi connectivity index (χ1n) is 4.89. The highest BCUT2D eigenvalue weighted by atomic mass is 79.9. The third-order valence-corrected chi connectivity index (χ3v) is 6.52. The lowest BCUT2D eigenvalue weighted by Crippen LogP contribution is -2.26. The number of hydrogen-bond donors (Lipinski definition) is 1. The number of imidazole rings is 1. The van der Waals surface area contributed by atoms with E-state index in [0.29, 0.717) is 21.9 Å². The lowest BCUT2D eigenvalue weighted by Gasteiger charge is -2.04. The number of nitrogens with one attached hydrogen (secondary N) is 1. The fourth-order valence-electron chi connectivity index (χ4n) is 1.26. The Morgan fingerprint density at radius 3 is 2.89 bits per heavy atom. The molecule has 0 amide bonds. The van der Waals surface area contributed by atoms with Crippen molar-refractivity contribution in [3.63, 3.8) is 0 Å². The smallest absolute Gasteiger partial charge is 0.250 e. The van der Waals surface area contributed by atoms with Gasteiger partial charge in [0, 0.05) is 25.5 Å². The molecule has 9 heteroatoms. The average Bonchev–Trinajstić information content (AvgIpc) is 2.90. The molecule has 0 fully saturated rings. The third kappa shape index (κ3) is 3.33. The molecule has 0 unspecified atom stereocenters. The van der Waals surface area contributed by atoms with Crippen LogP contribution in [-0.2, 0) is 16.6 Å². The zero-order chi connectivity index (χ0) is 13.2. The van der Waals surface area contributed by atoms with Gasteiger partial charge in [0.15, 0.2) is 0 Å². The Labute approximate surface area is 122 Å². The number of sulfonamides is 1. The number of hydrogen-bond acceptors (Lipinski definition) is 4. The molecule has 2 heterocycles. The highest BCUT2D eigenvalue weighted by Crippen LogP contribution is 2.34. The van der Waals surface area contributed by atoms with Gasteiger partial charge in [-0.3, -0.25) is 0 Å². The Morgan fingerprint density at radius 1 is 1.56 bits per heavy atom. The number of nitrogens with zero attached hydrogens (tertiary/aromatic N) is 2. The molecule has 0 aliphatic rings. The summed E-state index contributed by atoms with van der Waals surface area (Å²) in [6.45, 7) is 0.825. The van der Waals surface area contributed by atoms with Gasteiger partial charge in [-0.1, -0.05) is 11.6 Å². The van der Waals surface area contributed by atoms with Crippen LogP contribution in [0.5, 0.6) is 0 Å². The van der Waals surface area contributed by atoms with E-state index in [1.165, 1.54) is 6.07 Å². The summed E-state index contributed by atoms with van der Waals surface area (Å²) >= 11 is 10.1. The molecule has 0 saturated heterocycles. The van der Waals surface area contributed by atoms with Crippen LogP contribution in [0.2, 0.25) is 5.02 Å². The van der Waals surface area contributed by atoms with Gasteiger partial charge in [0.2, 0.25) is 10.0 Å². The number of thiophene rings is 1. The summed E-state index contributed by atoms with van der Waals surface area (Å²) in [6, 6.07) is 1.43. The van der Waals surface area contributed by atoms with Gasteiger partial charge in [-0.15, -0.1) is 11.3 Å². The van der Waals surface area contributed by atoms with Crippen molar-refractivity contribution in [2.75, 3.05) is 6.54 Å². The van der Waals surface area contributed by atoms with Crippen molar-refractivity contribution >= 4 is 48.9 Å². The predicted molar refractivity (Wildman–Crippen MR) is 74.4 cm³/mol. The van der Waals surface area contributed by atoms with Crippen molar-refractivity contribution in [1.29, 1.82) is 0 Å². The molecule has 0 saturated carbocycles. The van der Waals surface area contributed by atoms with Crippen LogP contribution in [0.1, 0.15) is 0 Å². The van der Waals surface area contributed by atoms with Crippen LogP contribution in [0.4, 0.5) is 0 Å². The highest BCUT2D eigenvalue weighted by molar-refractivity contribution is 9.11. The molecule has 2 aromatic rings. The zero-order valence-electron chi connectivity index (χ0n) is 9.01. The summed E-state index contributed by atoms with van der Waals surface area (Å²) in [5, 5.41) is 0.398. The second kappa shape index (κ2) is 5.70. The Morgan fingerprint density at radius 2 is 2.33 bits per heavy atom. The second-order valence-corrected chi connectivity index (χ2v) is 8.16. The maximum Gasteiger partial charge on any atom is 0.250 e. The normalized spacial score (nSPS) is 11.9. The van der Waals surface area contributed by atoms with Crippen molar-refractivity contribution in [1.82, 2.24) is 14.3 Å². The van der Waals surface area contributed by atoms with Crippen LogP contribution < -0.4 is 4.72 Å². The standard InChI is InChI=1S/C9H9BrClN3O2S2/c10-9-7(11)5-8(17-9)18(15,16)13-2-4-14-3-1-12-6-14/h1,3,5-6,13H,2,4H2. The molecular formula is C9H9BrClN3O2S2. The zero-order valence-corrected chi connectivity index (χ0v) is 13.0. The molecule has 0 spiro atoms. The molecule has 0 aliphatic carbocycles. The van der Waals surface area contributed by atoms with Crippen molar-refractivity contribution < 1.29 is 8.42 Å². The average molecular weight is 371 g/mol. The lowest BCUT2D eigenvalue weighted by molar-refractivity contribution is 0.575. The molecule has 0 atom stereocenters. The van der Waals surface area contributed by atoms with Crippen molar-refractivity contribution in [3.05, 3.63) is 33.6 Å². The maximum absolute atomic E-state index is 11.9. The molecule has 18 heavy (non-hydrogen) atoms. The minimum absolute atomic E-state index is 0.199. The number of aromatic nitrogens is 2. The molecule has 2 aromatic heterocycles. The van der Waals surface area contributed by atoms with Crippen LogP contribution in [0, 0.1) is 0 Å². The van der Waals surface area contributed by atoms with Crippen LogP contribution >= 0.6 is 38.9 Å². The Bertz CT molecular complexity index is 605. The summed E-state index contributed by atoms with van der Waals surface area (Å²) in [7, 11) is -3.49. The topological polar surface area (TPSA) is 64.0 Å². The van der Waals surface area contributed by atoms with Gasteiger partial charge in [0.1, 0.15) is 4.21 Å². The predicted octanol–water partition coefficient (Wildman–Crippen LogP) is 2.34. The number of halogens is 2. The van der Waals surface area contributed by atoms with Gasteiger partial charge in [-0.05, 0) is 22.0 Å². The van der Waals surface area contributed by atoms with Gasteiger partial charge in [0.25, 0.3) is 0 Å². The van der Waals surface area contributed by atoms with E-state index < -0.39 is 10.0 Å². The highest BCUT2D eigenvalue weighted by Gasteiger charge is 2.18. The van der Waals surface area contributed by atoms with E-state index >= 15 is 0 Å². The van der Waals surface area contributed by atoms with Gasteiger partial charge in [0.05, 0.1) is 15.1 Å². The largest absolute Gasteiger partial charge is 0.336 e. The lowest BCUT2D eigenvalue weighted by atomic mass is 10.6. The SMILES string of the molecule is O=S(=O)(NCCn1ccnc1)c1cc(Cl)c(Br)s1. The van der Waals surface area contributed by atoms with Gasteiger partial charge >= 0.3 is 0 Å². The molecule has 5 nitrogen and oxygen atoms in total. The van der Waals surface area contributed by atoms with Crippen LogP contribution in [-0.4, -0.2) is 24.5 Å². The molecule has 0 aromatic carbocycles. The van der Waals surface area contributed by atoms with Crippen LogP contribution in [0.25, 0.3) is 0 Å². The van der Waals surface area contributed by atoms with E-state index in [-0.39, 0.29) is 4.21 Å². The molecule has 0 aliphatic heterocycles. The Hall–Kier alpha value is -0.410. The molecular weight excluding hydrogens is 362 g/mol. The van der Waals surface area contributed by atoms with Crippen molar-refractivity contribution in [2.45, 2.75) is 10.8 Å². The van der Waals surface area contributed by atoms with E-state index in [2.05, 4.69) is 25.6 Å². The van der Waals surface area contributed by atoms with Crippen LogP contribution in [0.15, 0.2) is 32.8 Å².